The van der Waals surface area contributed by atoms with E-state index in [-0.39, 0.29) is 12.1 Å². The molecule has 3 aromatic rings. The summed E-state index contributed by atoms with van der Waals surface area (Å²) in [6.45, 7) is 7.06. The first kappa shape index (κ1) is 23.6. The molecular weight excluding hydrogens is 454 g/mol. The number of hydrogen-bond donors (Lipinski definition) is 4. The number of hydrogen-bond acceptors (Lipinski definition) is 7. The van der Waals surface area contributed by atoms with E-state index < -0.39 is 0 Å². The molecule has 0 aliphatic carbocycles. The number of nitrogens with one attached hydrogen (secondary N) is 4. The molecule has 9 nitrogen and oxygen atoms in total. The number of urea groups is 1. The van der Waals surface area contributed by atoms with Gasteiger partial charge in [0.25, 0.3) is 0 Å². The number of morpholine rings is 1. The zero-order valence-electron chi connectivity index (χ0n) is 19.1. The number of nitrogens with zero attached hydrogens (tertiary/aromatic N) is 3. The maximum Gasteiger partial charge on any atom is 0.319 e. The lowest BCUT2D eigenvalue weighted by Crippen LogP contribution is -2.36. The molecular formula is C24H28ClN7O2. The Kier molecular flexibility index (Phi) is 7.66. The van der Waals surface area contributed by atoms with Crippen molar-refractivity contribution in [3.63, 3.8) is 0 Å². The molecule has 0 atom stereocenters. The summed E-state index contributed by atoms with van der Waals surface area (Å²) in [6.07, 6.45) is 1.53. The van der Waals surface area contributed by atoms with Gasteiger partial charge in [-0.05, 0) is 50.2 Å². The van der Waals surface area contributed by atoms with Crippen LogP contribution >= 0.6 is 11.6 Å². The Hall–Kier alpha value is -3.56. The minimum Gasteiger partial charge on any atom is -0.378 e. The highest BCUT2D eigenvalue weighted by Crippen LogP contribution is 2.29. The van der Waals surface area contributed by atoms with E-state index in [9.17, 15) is 4.79 Å². The van der Waals surface area contributed by atoms with Gasteiger partial charge in [0.2, 0.25) is 5.95 Å². The van der Waals surface area contributed by atoms with Crippen molar-refractivity contribution in [1.82, 2.24) is 15.3 Å². The average molecular weight is 482 g/mol. The second kappa shape index (κ2) is 11.0. The van der Waals surface area contributed by atoms with Crippen molar-refractivity contribution in [2.24, 2.45) is 0 Å². The van der Waals surface area contributed by atoms with Crippen molar-refractivity contribution in [2.75, 3.05) is 47.2 Å². The van der Waals surface area contributed by atoms with Crippen molar-refractivity contribution in [1.29, 1.82) is 0 Å². The number of ether oxygens (including phenoxy) is 1. The summed E-state index contributed by atoms with van der Waals surface area (Å²) < 4.78 is 5.42. The van der Waals surface area contributed by atoms with Crippen LogP contribution in [0.2, 0.25) is 5.02 Å². The molecule has 2 aromatic carbocycles. The van der Waals surface area contributed by atoms with Gasteiger partial charge in [-0.15, -0.1) is 0 Å². The van der Waals surface area contributed by atoms with Gasteiger partial charge in [-0.2, -0.15) is 4.98 Å². The molecule has 178 valence electrons. The number of aromatic nitrogens is 2. The van der Waals surface area contributed by atoms with Crippen molar-refractivity contribution < 1.29 is 9.53 Å². The number of carbonyl (C=O) groups excluding carboxylic acids is 1. The summed E-state index contributed by atoms with van der Waals surface area (Å²) >= 11 is 6.35. The summed E-state index contributed by atoms with van der Waals surface area (Å²) in [4.78, 5) is 23.3. The minimum absolute atomic E-state index is 0.0213. The number of halogens is 1. The zero-order valence-corrected chi connectivity index (χ0v) is 19.9. The van der Waals surface area contributed by atoms with Gasteiger partial charge in [-0.25, -0.2) is 9.78 Å². The van der Waals surface area contributed by atoms with Crippen molar-refractivity contribution in [3.8, 4) is 0 Å². The zero-order chi connectivity index (χ0) is 23.9. The molecule has 0 unspecified atom stereocenters. The van der Waals surface area contributed by atoms with Crippen molar-refractivity contribution in [2.45, 2.75) is 19.9 Å². The maximum absolute atomic E-state index is 12.2. The Balaban J connectivity index is 1.46. The third-order valence-electron chi connectivity index (χ3n) is 5.09. The van der Waals surface area contributed by atoms with Crippen LogP contribution < -0.4 is 26.2 Å². The summed E-state index contributed by atoms with van der Waals surface area (Å²) in [5.74, 6) is 0.816. The molecule has 1 aliphatic heterocycles. The molecule has 2 heterocycles. The van der Waals surface area contributed by atoms with E-state index in [2.05, 4.69) is 48.3 Å². The molecule has 0 radical (unpaired) electrons. The molecule has 4 N–H and O–H groups in total. The largest absolute Gasteiger partial charge is 0.378 e. The predicted octanol–water partition coefficient (Wildman–Crippen LogP) is 4.98. The number of anilines is 6. The molecule has 34 heavy (non-hydrogen) atoms. The quantitative estimate of drug-likeness (QED) is 0.377. The van der Waals surface area contributed by atoms with E-state index in [0.29, 0.717) is 28.2 Å². The van der Waals surface area contributed by atoms with Crippen LogP contribution in [0.5, 0.6) is 0 Å². The number of benzene rings is 2. The highest BCUT2D eigenvalue weighted by atomic mass is 35.5. The van der Waals surface area contributed by atoms with Crippen LogP contribution in [0.4, 0.5) is 39.3 Å². The smallest absolute Gasteiger partial charge is 0.319 e. The van der Waals surface area contributed by atoms with Gasteiger partial charge in [-0.3, -0.25) is 0 Å². The molecule has 0 bridgehead atoms. The Morgan fingerprint density at radius 1 is 1.03 bits per heavy atom. The van der Waals surface area contributed by atoms with E-state index in [1.165, 1.54) is 6.20 Å². The molecule has 1 saturated heterocycles. The molecule has 2 amide bonds. The number of carbonyl (C=O) groups is 1. The van der Waals surface area contributed by atoms with Gasteiger partial charge in [0.05, 0.1) is 30.8 Å². The van der Waals surface area contributed by atoms with E-state index in [1.54, 1.807) is 6.07 Å². The second-order valence-corrected chi connectivity index (χ2v) is 8.49. The van der Waals surface area contributed by atoms with Gasteiger partial charge >= 0.3 is 6.03 Å². The molecule has 4 rings (SSSR count). The maximum atomic E-state index is 12.2. The minimum atomic E-state index is -0.291. The van der Waals surface area contributed by atoms with Crippen molar-refractivity contribution >= 4 is 52.1 Å². The first-order valence-electron chi connectivity index (χ1n) is 11.1. The van der Waals surface area contributed by atoms with Gasteiger partial charge in [0.15, 0.2) is 5.82 Å². The summed E-state index contributed by atoms with van der Waals surface area (Å²) in [5, 5.41) is 12.4. The Labute approximate surface area is 203 Å². The van der Waals surface area contributed by atoms with Crippen molar-refractivity contribution in [3.05, 3.63) is 59.8 Å². The average Bonchev–Trinajstić information content (AvgIpc) is 2.83. The fraction of sp³-hybridized carbons (Fsp3) is 0.292. The first-order valence-corrected chi connectivity index (χ1v) is 11.5. The fourth-order valence-electron chi connectivity index (χ4n) is 3.47. The molecule has 1 fully saturated rings. The van der Waals surface area contributed by atoms with Gasteiger partial charge < -0.3 is 30.9 Å². The van der Waals surface area contributed by atoms with Crippen LogP contribution in [0.3, 0.4) is 0 Å². The number of para-hydroxylation sites is 2. The third-order valence-corrected chi connectivity index (χ3v) is 5.37. The lowest BCUT2D eigenvalue weighted by molar-refractivity contribution is 0.122. The van der Waals surface area contributed by atoms with E-state index >= 15 is 0 Å². The Morgan fingerprint density at radius 2 is 1.74 bits per heavy atom. The van der Waals surface area contributed by atoms with E-state index in [4.69, 9.17) is 16.3 Å². The second-order valence-electron chi connectivity index (χ2n) is 8.09. The molecule has 0 saturated carbocycles. The Bertz CT molecular complexity index is 1120. The number of rotatable bonds is 7. The molecule has 1 aromatic heterocycles. The van der Waals surface area contributed by atoms with Crippen LogP contribution in [-0.2, 0) is 4.74 Å². The van der Waals surface area contributed by atoms with Crippen LogP contribution in [0.25, 0.3) is 0 Å². The fourth-order valence-corrected chi connectivity index (χ4v) is 3.61. The Morgan fingerprint density at radius 3 is 2.44 bits per heavy atom. The predicted molar refractivity (Wildman–Crippen MR) is 137 cm³/mol. The summed E-state index contributed by atoms with van der Waals surface area (Å²) in [5.41, 5.74) is 3.27. The standard InChI is InChI=1S/C24H28ClN7O2/c1-16(2)27-24(33)30-21-6-4-3-5-20(21)29-22-19(25)15-26-23(31-22)28-17-7-9-18(10-8-17)32-11-13-34-14-12-32/h3-10,15-16H,11-14H2,1-2H3,(H2,27,30,33)(H2,26,28,29,31). The summed E-state index contributed by atoms with van der Waals surface area (Å²) in [7, 11) is 0. The third kappa shape index (κ3) is 6.27. The molecule has 10 heteroatoms. The van der Waals surface area contributed by atoms with Crippen LogP contribution in [0.15, 0.2) is 54.7 Å². The van der Waals surface area contributed by atoms with Crippen LogP contribution in [0.1, 0.15) is 13.8 Å². The molecule has 1 aliphatic rings. The monoisotopic (exact) mass is 481 g/mol. The highest BCUT2D eigenvalue weighted by molar-refractivity contribution is 6.33. The van der Waals surface area contributed by atoms with Gasteiger partial charge in [0, 0.05) is 30.5 Å². The van der Waals surface area contributed by atoms with Gasteiger partial charge in [-0.1, -0.05) is 23.7 Å². The van der Waals surface area contributed by atoms with Crippen LogP contribution in [0, 0.1) is 0 Å². The van der Waals surface area contributed by atoms with E-state index in [1.807, 2.05) is 44.2 Å². The highest BCUT2D eigenvalue weighted by Gasteiger charge is 2.13. The first-order chi connectivity index (χ1) is 16.5. The topological polar surface area (TPSA) is 103 Å². The molecule has 0 spiro atoms. The number of amides is 2. The van der Waals surface area contributed by atoms with E-state index in [0.717, 1.165) is 37.7 Å². The normalized spacial score (nSPS) is 13.5. The lowest BCUT2D eigenvalue weighted by atomic mass is 10.2. The van der Waals surface area contributed by atoms with Crippen LogP contribution in [-0.4, -0.2) is 48.3 Å². The lowest BCUT2D eigenvalue weighted by Gasteiger charge is -2.28. The SMILES string of the molecule is CC(C)NC(=O)Nc1ccccc1Nc1nc(Nc2ccc(N3CCOCC3)cc2)ncc1Cl. The van der Waals surface area contributed by atoms with Gasteiger partial charge in [0.1, 0.15) is 5.02 Å². The summed E-state index contributed by atoms with van der Waals surface area (Å²) in [6, 6.07) is 15.2.